The van der Waals surface area contributed by atoms with Gasteiger partial charge in [0.1, 0.15) is 11.5 Å². The first kappa shape index (κ1) is 12.3. The zero-order valence-electron chi connectivity index (χ0n) is 10.6. The fourth-order valence-corrected chi connectivity index (χ4v) is 1.98. The van der Waals surface area contributed by atoms with Crippen LogP contribution in [0.15, 0.2) is 36.4 Å². The molecular weight excluding hydrogens is 226 g/mol. The number of aromatic hydroxyl groups is 2. The molecule has 3 N–H and O–H groups in total. The minimum absolute atomic E-state index is 0.0719. The number of rotatable bonds is 3. The van der Waals surface area contributed by atoms with Crippen molar-refractivity contribution in [3.63, 3.8) is 0 Å². The molecule has 0 atom stereocenters. The lowest BCUT2D eigenvalue weighted by Gasteiger charge is -2.10. The summed E-state index contributed by atoms with van der Waals surface area (Å²) in [6.45, 7) is 4.63. The monoisotopic (exact) mass is 243 g/mol. The number of hydrogen-bond acceptors (Lipinski definition) is 3. The SMILES string of the molecule is Cc1cc(C)cc(NCc2ccc(O)cc2O)c1. The average Bonchev–Trinajstić information content (AvgIpc) is 2.26. The van der Waals surface area contributed by atoms with Gasteiger partial charge in [-0.2, -0.15) is 0 Å². The molecule has 0 aliphatic carbocycles. The molecule has 0 saturated heterocycles. The van der Waals surface area contributed by atoms with Gasteiger partial charge in [-0.3, -0.25) is 0 Å². The summed E-state index contributed by atoms with van der Waals surface area (Å²) in [5.41, 5.74) is 4.19. The molecular formula is C15H17NO2. The molecule has 0 unspecified atom stereocenters. The molecule has 0 heterocycles. The Bertz CT molecular complexity index is 544. The highest BCUT2D eigenvalue weighted by atomic mass is 16.3. The number of phenolic OH excluding ortho intramolecular Hbond substituents is 2. The third-order valence-electron chi connectivity index (χ3n) is 2.77. The van der Waals surface area contributed by atoms with E-state index < -0.39 is 0 Å². The predicted octanol–water partition coefficient (Wildman–Crippen LogP) is 3.33. The lowest BCUT2D eigenvalue weighted by Crippen LogP contribution is -2.00. The van der Waals surface area contributed by atoms with Crippen molar-refractivity contribution in [1.29, 1.82) is 0 Å². The molecule has 94 valence electrons. The van der Waals surface area contributed by atoms with Gasteiger partial charge in [-0.25, -0.2) is 0 Å². The Hall–Kier alpha value is -2.16. The van der Waals surface area contributed by atoms with Gasteiger partial charge in [0, 0.05) is 23.9 Å². The van der Waals surface area contributed by atoms with Crippen LogP contribution in [-0.4, -0.2) is 10.2 Å². The second-order valence-electron chi connectivity index (χ2n) is 4.54. The summed E-state index contributed by atoms with van der Waals surface area (Å²) < 4.78 is 0. The standard InChI is InChI=1S/C15H17NO2/c1-10-5-11(2)7-13(6-10)16-9-12-3-4-14(17)8-15(12)18/h3-8,16-18H,9H2,1-2H3. The third-order valence-corrected chi connectivity index (χ3v) is 2.77. The quantitative estimate of drug-likeness (QED) is 0.775. The maximum Gasteiger partial charge on any atom is 0.124 e. The second kappa shape index (κ2) is 5.00. The largest absolute Gasteiger partial charge is 0.508 e. The molecule has 18 heavy (non-hydrogen) atoms. The number of aryl methyl sites for hydroxylation is 2. The number of nitrogens with one attached hydrogen (secondary N) is 1. The van der Waals surface area contributed by atoms with E-state index in [1.54, 1.807) is 12.1 Å². The smallest absolute Gasteiger partial charge is 0.124 e. The first-order chi connectivity index (χ1) is 8.54. The fraction of sp³-hybridized carbons (Fsp3) is 0.200. The summed E-state index contributed by atoms with van der Waals surface area (Å²) in [7, 11) is 0. The summed E-state index contributed by atoms with van der Waals surface area (Å²) >= 11 is 0. The minimum Gasteiger partial charge on any atom is -0.508 e. The number of anilines is 1. The third kappa shape index (κ3) is 2.94. The summed E-state index contributed by atoms with van der Waals surface area (Å²) in [6.07, 6.45) is 0. The highest BCUT2D eigenvalue weighted by Crippen LogP contribution is 2.23. The molecule has 0 spiro atoms. The van der Waals surface area contributed by atoms with E-state index in [0.29, 0.717) is 6.54 Å². The van der Waals surface area contributed by atoms with Crippen molar-refractivity contribution in [2.45, 2.75) is 20.4 Å². The van der Waals surface area contributed by atoms with E-state index in [4.69, 9.17) is 0 Å². The van der Waals surface area contributed by atoms with Crippen LogP contribution in [0.25, 0.3) is 0 Å². The van der Waals surface area contributed by atoms with Crippen molar-refractivity contribution in [3.8, 4) is 11.5 Å². The molecule has 2 rings (SSSR count). The van der Waals surface area contributed by atoms with E-state index in [1.165, 1.54) is 17.2 Å². The van der Waals surface area contributed by atoms with Gasteiger partial charge in [-0.15, -0.1) is 0 Å². The highest BCUT2D eigenvalue weighted by molar-refractivity contribution is 5.50. The maximum absolute atomic E-state index is 9.68. The van der Waals surface area contributed by atoms with Crippen LogP contribution in [0, 0.1) is 13.8 Å². The molecule has 0 amide bonds. The molecule has 0 aromatic heterocycles. The number of phenols is 2. The molecule has 3 nitrogen and oxygen atoms in total. The van der Waals surface area contributed by atoms with Crippen LogP contribution in [0.3, 0.4) is 0 Å². The topological polar surface area (TPSA) is 52.5 Å². The Morgan fingerprint density at radius 1 is 0.944 bits per heavy atom. The van der Waals surface area contributed by atoms with Gasteiger partial charge in [0.15, 0.2) is 0 Å². The van der Waals surface area contributed by atoms with Crippen LogP contribution in [0.4, 0.5) is 5.69 Å². The van der Waals surface area contributed by atoms with Crippen molar-refractivity contribution >= 4 is 5.69 Å². The van der Waals surface area contributed by atoms with Gasteiger partial charge < -0.3 is 15.5 Å². The lowest BCUT2D eigenvalue weighted by molar-refractivity contribution is 0.446. The normalized spacial score (nSPS) is 10.3. The van der Waals surface area contributed by atoms with Crippen LogP contribution in [0.1, 0.15) is 16.7 Å². The van der Waals surface area contributed by atoms with Crippen molar-refractivity contribution in [2.75, 3.05) is 5.32 Å². The first-order valence-electron chi connectivity index (χ1n) is 5.87. The maximum atomic E-state index is 9.68. The molecule has 0 aliphatic rings. The number of hydrogen-bond donors (Lipinski definition) is 3. The Morgan fingerprint density at radius 3 is 2.22 bits per heavy atom. The van der Waals surface area contributed by atoms with E-state index in [2.05, 4.69) is 37.4 Å². The van der Waals surface area contributed by atoms with Gasteiger partial charge in [0.05, 0.1) is 0 Å². The van der Waals surface area contributed by atoms with Crippen molar-refractivity contribution in [3.05, 3.63) is 53.1 Å². The van der Waals surface area contributed by atoms with Gasteiger partial charge in [0.25, 0.3) is 0 Å². The summed E-state index contributed by atoms with van der Waals surface area (Å²) in [6, 6.07) is 10.9. The summed E-state index contributed by atoms with van der Waals surface area (Å²) in [5, 5.41) is 22.2. The van der Waals surface area contributed by atoms with Crippen molar-refractivity contribution < 1.29 is 10.2 Å². The molecule has 0 bridgehead atoms. The Labute approximate surface area is 107 Å². The lowest BCUT2D eigenvalue weighted by atomic mass is 10.1. The Morgan fingerprint density at radius 2 is 1.61 bits per heavy atom. The van der Waals surface area contributed by atoms with Gasteiger partial charge in [-0.1, -0.05) is 6.07 Å². The predicted molar refractivity (Wildman–Crippen MR) is 73.0 cm³/mol. The average molecular weight is 243 g/mol. The van der Waals surface area contributed by atoms with Crippen LogP contribution in [0.2, 0.25) is 0 Å². The first-order valence-corrected chi connectivity index (χ1v) is 5.87. The fourth-order valence-electron chi connectivity index (χ4n) is 1.98. The molecule has 2 aromatic carbocycles. The second-order valence-corrected chi connectivity index (χ2v) is 4.54. The van der Waals surface area contributed by atoms with Crippen molar-refractivity contribution in [2.24, 2.45) is 0 Å². The van der Waals surface area contributed by atoms with Crippen LogP contribution >= 0.6 is 0 Å². The van der Waals surface area contributed by atoms with Gasteiger partial charge >= 0.3 is 0 Å². The van der Waals surface area contributed by atoms with E-state index >= 15 is 0 Å². The van der Waals surface area contributed by atoms with Gasteiger partial charge in [-0.05, 0) is 49.2 Å². The van der Waals surface area contributed by atoms with E-state index in [-0.39, 0.29) is 11.5 Å². The van der Waals surface area contributed by atoms with Crippen LogP contribution in [0.5, 0.6) is 11.5 Å². The molecule has 0 radical (unpaired) electrons. The molecule has 0 fully saturated rings. The minimum atomic E-state index is 0.0719. The number of benzene rings is 2. The van der Waals surface area contributed by atoms with E-state index in [0.717, 1.165) is 11.3 Å². The van der Waals surface area contributed by atoms with Gasteiger partial charge in [0.2, 0.25) is 0 Å². The molecule has 0 aliphatic heterocycles. The summed E-state index contributed by atoms with van der Waals surface area (Å²) in [4.78, 5) is 0. The summed E-state index contributed by atoms with van der Waals surface area (Å²) in [5.74, 6) is 0.175. The zero-order chi connectivity index (χ0) is 13.1. The van der Waals surface area contributed by atoms with Crippen LogP contribution < -0.4 is 5.32 Å². The highest BCUT2D eigenvalue weighted by Gasteiger charge is 2.02. The van der Waals surface area contributed by atoms with Crippen molar-refractivity contribution in [1.82, 2.24) is 0 Å². The molecule has 3 heteroatoms. The molecule has 2 aromatic rings. The Kier molecular flexibility index (Phi) is 3.42. The van der Waals surface area contributed by atoms with Crippen LogP contribution in [-0.2, 0) is 6.54 Å². The zero-order valence-corrected chi connectivity index (χ0v) is 10.6. The van der Waals surface area contributed by atoms with E-state index in [1.807, 2.05) is 0 Å². The van der Waals surface area contributed by atoms with E-state index in [9.17, 15) is 10.2 Å². The Balaban J connectivity index is 2.11. The molecule has 0 saturated carbocycles.